The smallest absolute Gasteiger partial charge is 0.250 e. The lowest BCUT2D eigenvalue weighted by atomic mass is 10.3. The van der Waals surface area contributed by atoms with Gasteiger partial charge in [0.25, 0.3) is 5.91 Å². The second-order valence-electron chi connectivity index (χ2n) is 4.82. The van der Waals surface area contributed by atoms with E-state index in [1.165, 1.54) is 12.5 Å². The predicted octanol–water partition coefficient (Wildman–Crippen LogP) is 2.78. The van der Waals surface area contributed by atoms with Crippen molar-refractivity contribution in [3.8, 4) is 0 Å². The van der Waals surface area contributed by atoms with Crippen molar-refractivity contribution < 1.29 is 9.21 Å². The Morgan fingerprint density at radius 1 is 1.58 bits per heavy atom. The summed E-state index contributed by atoms with van der Waals surface area (Å²) in [6.45, 7) is 2.21. The fourth-order valence-corrected chi connectivity index (χ4v) is 2.03. The molecule has 98 valence electrons. The van der Waals surface area contributed by atoms with E-state index in [4.69, 9.17) is 4.42 Å². The van der Waals surface area contributed by atoms with Gasteiger partial charge >= 0.3 is 0 Å². The van der Waals surface area contributed by atoms with E-state index in [2.05, 4.69) is 22.2 Å². The van der Waals surface area contributed by atoms with Gasteiger partial charge in [0.15, 0.2) is 0 Å². The number of hydrogen-bond donors (Lipinski definition) is 2. The molecule has 2 N–H and O–H groups in total. The zero-order valence-electron chi connectivity index (χ0n) is 10.6. The minimum atomic E-state index is -0.243. The number of amides is 1. The summed E-state index contributed by atoms with van der Waals surface area (Å²) >= 11 is 0. The van der Waals surface area contributed by atoms with Crippen molar-refractivity contribution in [1.82, 2.24) is 9.97 Å². The summed E-state index contributed by atoms with van der Waals surface area (Å²) in [7, 11) is 0. The second-order valence-corrected chi connectivity index (χ2v) is 4.82. The molecule has 0 radical (unpaired) electrons. The number of hydrogen-bond acceptors (Lipinski definition) is 3. The first kappa shape index (κ1) is 11.8. The van der Waals surface area contributed by atoms with Crippen LogP contribution in [0.25, 0.3) is 6.08 Å². The third-order valence-electron chi connectivity index (χ3n) is 3.26. The number of nitrogens with one attached hydrogen (secondary N) is 2. The second kappa shape index (κ2) is 4.76. The maximum absolute atomic E-state index is 11.6. The van der Waals surface area contributed by atoms with Crippen molar-refractivity contribution in [2.24, 2.45) is 5.92 Å². The largest absolute Gasteiger partial charge is 0.461 e. The molecule has 3 rings (SSSR count). The van der Waals surface area contributed by atoms with Gasteiger partial charge in [-0.05, 0) is 30.5 Å². The van der Waals surface area contributed by atoms with Crippen molar-refractivity contribution in [2.75, 3.05) is 5.32 Å². The number of H-pyrrole nitrogens is 1. The molecule has 1 saturated carbocycles. The Hall–Kier alpha value is -2.30. The molecule has 1 amide bonds. The molecular formula is C14H15N3O2. The fourth-order valence-electron chi connectivity index (χ4n) is 2.03. The summed E-state index contributed by atoms with van der Waals surface area (Å²) in [5, 5.41) is 2.61. The Bertz CT molecular complexity index is 598. The van der Waals surface area contributed by atoms with Crippen LogP contribution in [0, 0.1) is 5.92 Å². The van der Waals surface area contributed by atoms with E-state index in [0.29, 0.717) is 23.5 Å². The van der Waals surface area contributed by atoms with Crippen molar-refractivity contribution >= 4 is 17.9 Å². The van der Waals surface area contributed by atoms with Crippen LogP contribution in [0.15, 0.2) is 35.0 Å². The van der Waals surface area contributed by atoms with Crippen LogP contribution in [0.4, 0.5) is 5.95 Å². The van der Waals surface area contributed by atoms with E-state index in [9.17, 15) is 4.79 Å². The van der Waals surface area contributed by atoms with E-state index in [-0.39, 0.29) is 5.91 Å². The van der Waals surface area contributed by atoms with Crippen molar-refractivity contribution in [3.63, 3.8) is 0 Å². The monoisotopic (exact) mass is 257 g/mol. The van der Waals surface area contributed by atoms with Gasteiger partial charge < -0.3 is 9.40 Å². The van der Waals surface area contributed by atoms with Crippen LogP contribution >= 0.6 is 0 Å². The van der Waals surface area contributed by atoms with Gasteiger partial charge in [-0.15, -0.1) is 0 Å². The Kier molecular flexibility index (Phi) is 2.95. The van der Waals surface area contributed by atoms with Gasteiger partial charge in [0.05, 0.1) is 0 Å². The number of carbonyl (C=O) groups is 1. The first-order valence-electron chi connectivity index (χ1n) is 6.30. The zero-order chi connectivity index (χ0) is 13.2. The highest BCUT2D eigenvalue weighted by atomic mass is 16.3. The van der Waals surface area contributed by atoms with Crippen LogP contribution in [-0.4, -0.2) is 15.9 Å². The van der Waals surface area contributed by atoms with Crippen molar-refractivity contribution in [1.29, 1.82) is 0 Å². The van der Waals surface area contributed by atoms with Crippen LogP contribution < -0.4 is 5.32 Å². The molecule has 0 aliphatic heterocycles. The number of nitrogens with zero attached hydrogens (tertiary/aromatic N) is 1. The molecule has 0 aromatic carbocycles. The molecule has 2 heterocycles. The van der Waals surface area contributed by atoms with Crippen molar-refractivity contribution in [3.05, 3.63) is 42.1 Å². The van der Waals surface area contributed by atoms with E-state index in [1.807, 2.05) is 12.1 Å². The normalized spacial score (nSPS) is 21.7. The lowest BCUT2D eigenvalue weighted by Crippen LogP contribution is -2.08. The summed E-state index contributed by atoms with van der Waals surface area (Å²) in [5.74, 6) is 3.17. The molecule has 1 fully saturated rings. The molecule has 2 aromatic rings. The third-order valence-corrected chi connectivity index (χ3v) is 3.26. The molecular weight excluding hydrogens is 242 g/mol. The van der Waals surface area contributed by atoms with E-state index < -0.39 is 0 Å². The van der Waals surface area contributed by atoms with E-state index in [1.54, 1.807) is 18.5 Å². The summed E-state index contributed by atoms with van der Waals surface area (Å²) in [6, 6.07) is 3.87. The Morgan fingerprint density at radius 3 is 3.11 bits per heavy atom. The lowest BCUT2D eigenvalue weighted by molar-refractivity contribution is -0.111. The van der Waals surface area contributed by atoms with Gasteiger partial charge in [-0.2, -0.15) is 0 Å². The number of imidazole rings is 1. The molecule has 0 saturated heterocycles. The Morgan fingerprint density at radius 2 is 2.42 bits per heavy atom. The highest BCUT2D eigenvalue weighted by Crippen LogP contribution is 2.47. The molecule has 2 atom stereocenters. The summed E-state index contributed by atoms with van der Waals surface area (Å²) in [4.78, 5) is 18.3. The molecule has 2 aromatic heterocycles. The number of rotatable bonds is 4. The molecule has 2 unspecified atom stereocenters. The molecule has 0 bridgehead atoms. The fraction of sp³-hybridized carbons (Fsp3) is 0.286. The van der Waals surface area contributed by atoms with Crippen LogP contribution in [0.3, 0.4) is 0 Å². The predicted molar refractivity (Wildman–Crippen MR) is 71.5 cm³/mol. The maximum Gasteiger partial charge on any atom is 0.250 e. The number of furan rings is 1. The van der Waals surface area contributed by atoms with E-state index >= 15 is 0 Å². The van der Waals surface area contributed by atoms with Crippen molar-refractivity contribution in [2.45, 2.75) is 19.3 Å². The number of anilines is 1. The molecule has 1 aliphatic carbocycles. The average Bonchev–Trinajstić information content (AvgIpc) is 2.87. The van der Waals surface area contributed by atoms with Crippen LogP contribution in [0.1, 0.15) is 30.8 Å². The van der Waals surface area contributed by atoms with Gasteiger partial charge in [0.1, 0.15) is 11.5 Å². The summed E-state index contributed by atoms with van der Waals surface area (Å²) in [6.07, 6.45) is 7.51. The molecule has 5 heteroatoms. The molecule has 0 spiro atoms. The first-order chi connectivity index (χ1) is 9.22. The number of aromatic nitrogens is 2. The minimum absolute atomic E-state index is 0.243. The number of carbonyl (C=O) groups excluding carboxylic acids is 1. The lowest BCUT2D eigenvalue weighted by Gasteiger charge is -1.95. The van der Waals surface area contributed by atoms with Gasteiger partial charge in [-0.3, -0.25) is 10.1 Å². The molecule has 5 nitrogen and oxygen atoms in total. The Labute approximate surface area is 110 Å². The summed E-state index contributed by atoms with van der Waals surface area (Å²) < 4.78 is 5.67. The minimum Gasteiger partial charge on any atom is -0.461 e. The molecule has 19 heavy (non-hydrogen) atoms. The van der Waals surface area contributed by atoms with Crippen LogP contribution in [0.2, 0.25) is 0 Å². The molecule has 1 aliphatic rings. The average molecular weight is 257 g/mol. The van der Waals surface area contributed by atoms with Gasteiger partial charge in [0.2, 0.25) is 5.95 Å². The summed E-state index contributed by atoms with van der Waals surface area (Å²) in [5.41, 5.74) is 0. The first-order valence-corrected chi connectivity index (χ1v) is 6.30. The van der Waals surface area contributed by atoms with Crippen LogP contribution in [-0.2, 0) is 4.79 Å². The van der Waals surface area contributed by atoms with Gasteiger partial charge in [-0.25, -0.2) is 4.98 Å². The standard InChI is InChI=1S/C14H15N3O2/c1-9-8-11(9)12-4-2-10(19-12)3-5-13(18)17-14-15-6-7-16-14/h2-7,9,11H,8H2,1H3,(H2,15,16,17,18). The quantitative estimate of drug-likeness (QED) is 0.827. The van der Waals surface area contributed by atoms with Crippen LogP contribution in [0.5, 0.6) is 0 Å². The van der Waals surface area contributed by atoms with Gasteiger partial charge in [0, 0.05) is 24.4 Å². The highest BCUT2D eigenvalue weighted by molar-refractivity contribution is 6.00. The third kappa shape index (κ3) is 2.76. The maximum atomic E-state index is 11.6. The zero-order valence-corrected chi connectivity index (χ0v) is 10.6. The van der Waals surface area contributed by atoms with E-state index in [0.717, 1.165) is 5.76 Å². The van der Waals surface area contributed by atoms with Gasteiger partial charge in [-0.1, -0.05) is 6.92 Å². The Balaban J connectivity index is 1.59. The number of aromatic amines is 1. The topological polar surface area (TPSA) is 70.9 Å². The highest BCUT2D eigenvalue weighted by Gasteiger charge is 2.36. The SMILES string of the molecule is CC1CC1c1ccc(C=CC(=O)Nc2ncc[nH]2)o1.